The molecule has 1 rings (SSSR count). The molecule has 1 unspecified atom stereocenters. The van der Waals surface area contributed by atoms with Gasteiger partial charge >= 0.3 is 12.1 Å². The Morgan fingerprint density at radius 1 is 1.27 bits per heavy atom. The van der Waals surface area contributed by atoms with Crippen LogP contribution in [0.1, 0.15) is 44.4 Å². The Morgan fingerprint density at radius 3 is 2.30 bits per heavy atom. The summed E-state index contributed by atoms with van der Waals surface area (Å²) in [4.78, 5) is 24.6. The van der Waals surface area contributed by atoms with Gasteiger partial charge in [0.25, 0.3) is 0 Å². The zero-order valence-electron chi connectivity index (χ0n) is 17.3. The lowest BCUT2D eigenvalue weighted by Crippen LogP contribution is -2.28. The van der Waals surface area contributed by atoms with E-state index in [1.165, 1.54) is 30.9 Å². The van der Waals surface area contributed by atoms with Gasteiger partial charge in [-0.15, -0.1) is 0 Å². The maximum absolute atomic E-state index is 13.2. The molecule has 1 N–H and O–H groups in total. The number of carbonyl (C=O) groups is 2. The van der Waals surface area contributed by atoms with E-state index in [0.29, 0.717) is 28.8 Å². The minimum atomic E-state index is -4.53. The Labute approximate surface area is 179 Å². The number of hydrogen-bond acceptors (Lipinski definition) is 2. The van der Waals surface area contributed by atoms with Crippen LogP contribution in [0.15, 0.2) is 47.5 Å². The molecule has 0 radical (unpaired) electrons. The predicted octanol–water partition coefficient (Wildman–Crippen LogP) is 5.88. The van der Waals surface area contributed by atoms with Crippen LogP contribution in [0.5, 0.6) is 0 Å². The smallest absolute Gasteiger partial charge is 0.416 e. The quantitative estimate of drug-likeness (QED) is 0.510. The van der Waals surface area contributed by atoms with Crippen molar-refractivity contribution in [1.29, 1.82) is 0 Å². The van der Waals surface area contributed by atoms with Crippen molar-refractivity contribution in [3.8, 4) is 0 Å². The number of aliphatic carboxylic acids is 1. The van der Waals surface area contributed by atoms with E-state index in [9.17, 15) is 27.9 Å². The van der Waals surface area contributed by atoms with Crippen molar-refractivity contribution in [2.75, 3.05) is 6.54 Å². The van der Waals surface area contributed by atoms with Gasteiger partial charge < -0.3 is 10.0 Å². The molecule has 1 amide bonds. The average molecular weight is 444 g/mol. The lowest BCUT2D eigenvalue weighted by Gasteiger charge is -2.22. The van der Waals surface area contributed by atoms with Crippen LogP contribution in [0.25, 0.3) is 5.57 Å². The van der Waals surface area contributed by atoms with Gasteiger partial charge in [-0.05, 0) is 61.3 Å². The summed E-state index contributed by atoms with van der Waals surface area (Å²) in [6.07, 6.45) is -1.57. The van der Waals surface area contributed by atoms with E-state index in [0.717, 1.165) is 12.1 Å². The number of nitrogens with zero attached hydrogens (tertiary/aromatic N) is 1. The second-order valence-corrected chi connectivity index (χ2v) is 7.37. The van der Waals surface area contributed by atoms with E-state index in [1.54, 1.807) is 19.9 Å². The first-order valence-electron chi connectivity index (χ1n) is 9.21. The highest BCUT2D eigenvalue weighted by atomic mass is 35.5. The van der Waals surface area contributed by atoms with E-state index < -0.39 is 23.6 Å². The number of amides is 1. The lowest BCUT2D eigenvalue weighted by molar-refractivity contribution is -0.140. The minimum absolute atomic E-state index is 0.00792. The number of carboxylic acid groups (broad SMARTS) is 1. The fourth-order valence-electron chi connectivity index (χ4n) is 2.88. The third-order valence-corrected chi connectivity index (χ3v) is 4.73. The van der Waals surface area contributed by atoms with Crippen LogP contribution in [-0.4, -0.2) is 28.4 Å². The molecule has 0 spiro atoms. The molecule has 0 heterocycles. The molecule has 0 aliphatic rings. The summed E-state index contributed by atoms with van der Waals surface area (Å²) < 4.78 is 39.7. The standard InChI is InChI=1S/C22H25ClF3NO3/c1-6-27(16(5)28)12-18-11-19(22(24,25)26)7-8-20(18)13(2)9-17(10-14(3)23)15(4)21(29)30/h7-11,15H,3,6,12H2,1-2,4-5H3,(H,29,30)/b13-9+,17-10+. The monoisotopic (exact) mass is 443 g/mol. The van der Waals surface area contributed by atoms with Gasteiger partial charge in [-0.2, -0.15) is 13.2 Å². The fraction of sp³-hybridized carbons (Fsp3) is 0.364. The van der Waals surface area contributed by atoms with E-state index in [1.807, 2.05) is 0 Å². The molecular weight excluding hydrogens is 419 g/mol. The second kappa shape index (κ2) is 10.5. The topological polar surface area (TPSA) is 57.6 Å². The Bertz CT molecular complexity index is 888. The van der Waals surface area contributed by atoms with Crippen molar-refractivity contribution in [2.24, 2.45) is 5.92 Å². The highest BCUT2D eigenvalue weighted by molar-refractivity contribution is 6.30. The fourth-order valence-corrected chi connectivity index (χ4v) is 3.01. The Kier molecular flexibility index (Phi) is 8.90. The number of carbonyl (C=O) groups excluding carboxylic acids is 1. The first kappa shape index (κ1) is 25.5. The van der Waals surface area contributed by atoms with Crippen molar-refractivity contribution in [3.05, 3.63) is 64.2 Å². The molecule has 0 saturated heterocycles. The van der Waals surface area contributed by atoms with Gasteiger partial charge in [-0.1, -0.05) is 30.3 Å². The number of carboxylic acids is 1. The number of alkyl halides is 3. The van der Waals surface area contributed by atoms with Gasteiger partial charge in [-0.3, -0.25) is 9.59 Å². The summed E-state index contributed by atoms with van der Waals surface area (Å²) in [5.41, 5.74) is 0.854. The molecule has 30 heavy (non-hydrogen) atoms. The van der Waals surface area contributed by atoms with E-state index in [4.69, 9.17) is 11.6 Å². The molecule has 0 aliphatic heterocycles. The average Bonchev–Trinajstić information content (AvgIpc) is 2.63. The molecule has 0 fully saturated rings. The van der Waals surface area contributed by atoms with Gasteiger partial charge in [0.05, 0.1) is 11.5 Å². The Balaban J connectivity index is 3.59. The molecule has 1 aromatic carbocycles. The predicted molar refractivity (Wildman–Crippen MR) is 112 cm³/mol. The first-order chi connectivity index (χ1) is 13.8. The van der Waals surface area contributed by atoms with Crippen molar-refractivity contribution >= 4 is 29.1 Å². The van der Waals surface area contributed by atoms with Crippen molar-refractivity contribution in [2.45, 2.75) is 40.4 Å². The molecule has 0 bridgehead atoms. The van der Waals surface area contributed by atoms with Crippen molar-refractivity contribution < 1.29 is 27.9 Å². The van der Waals surface area contributed by atoms with Crippen LogP contribution in [0.2, 0.25) is 0 Å². The van der Waals surface area contributed by atoms with Crippen LogP contribution < -0.4 is 0 Å². The largest absolute Gasteiger partial charge is 0.481 e. The van der Waals surface area contributed by atoms with Crippen molar-refractivity contribution in [3.63, 3.8) is 0 Å². The van der Waals surface area contributed by atoms with Gasteiger partial charge in [0.2, 0.25) is 5.91 Å². The molecule has 1 atom stereocenters. The Hall–Kier alpha value is -2.54. The minimum Gasteiger partial charge on any atom is -0.481 e. The third kappa shape index (κ3) is 7.06. The maximum Gasteiger partial charge on any atom is 0.416 e. The zero-order chi connectivity index (χ0) is 23.2. The maximum atomic E-state index is 13.2. The normalized spacial score (nSPS) is 13.7. The Morgan fingerprint density at radius 2 is 1.87 bits per heavy atom. The molecule has 0 aromatic heterocycles. The lowest BCUT2D eigenvalue weighted by atomic mass is 9.93. The zero-order valence-corrected chi connectivity index (χ0v) is 18.1. The van der Waals surface area contributed by atoms with Gasteiger partial charge in [0.15, 0.2) is 0 Å². The molecule has 8 heteroatoms. The molecule has 164 valence electrons. The van der Waals surface area contributed by atoms with Crippen LogP contribution in [0.3, 0.4) is 0 Å². The summed E-state index contributed by atoms with van der Waals surface area (Å²) in [5, 5.41) is 9.46. The van der Waals surface area contributed by atoms with E-state index >= 15 is 0 Å². The highest BCUT2D eigenvalue weighted by Crippen LogP contribution is 2.33. The molecule has 4 nitrogen and oxygen atoms in total. The number of rotatable bonds is 8. The van der Waals surface area contributed by atoms with Crippen LogP contribution in [0, 0.1) is 5.92 Å². The van der Waals surface area contributed by atoms with Crippen LogP contribution in [0.4, 0.5) is 13.2 Å². The SMILES string of the molecule is C=C(Cl)/C=C(\C=C(/C)c1ccc(C(F)(F)F)cc1CN(CC)C(C)=O)C(C)C(=O)O. The third-order valence-electron chi connectivity index (χ3n) is 4.62. The molecule has 0 aliphatic carbocycles. The number of benzene rings is 1. The first-order valence-corrected chi connectivity index (χ1v) is 9.58. The van der Waals surface area contributed by atoms with Gasteiger partial charge in [0.1, 0.15) is 0 Å². The summed E-state index contributed by atoms with van der Waals surface area (Å²) >= 11 is 5.81. The molecule has 0 saturated carbocycles. The van der Waals surface area contributed by atoms with Crippen molar-refractivity contribution in [1.82, 2.24) is 4.90 Å². The van der Waals surface area contributed by atoms with Crippen LogP contribution >= 0.6 is 11.6 Å². The highest BCUT2D eigenvalue weighted by Gasteiger charge is 2.31. The molecular formula is C22H25ClF3NO3. The summed E-state index contributed by atoms with van der Waals surface area (Å²) in [6.45, 7) is 10.1. The molecule has 1 aromatic rings. The summed E-state index contributed by atoms with van der Waals surface area (Å²) in [7, 11) is 0. The van der Waals surface area contributed by atoms with E-state index in [2.05, 4.69) is 6.58 Å². The van der Waals surface area contributed by atoms with E-state index in [-0.39, 0.29) is 17.5 Å². The van der Waals surface area contributed by atoms with Crippen LogP contribution in [-0.2, 0) is 22.3 Å². The van der Waals surface area contributed by atoms with Gasteiger partial charge in [-0.25, -0.2) is 0 Å². The number of halogens is 4. The summed E-state index contributed by atoms with van der Waals surface area (Å²) in [6, 6.07) is 3.31. The second-order valence-electron chi connectivity index (χ2n) is 6.88. The number of hydrogen-bond donors (Lipinski definition) is 1. The number of allylic oxidation sites excluding steroid dienone is 4. The summed E-state index contributed by atoms with van der Waals surface area (Å²) in [5.74, 6) is -2.25. The van der Waals surface area contributed by atoms with Gasteiger partial charge in [0, 0.05) is 25.0 Å².